The molecule has 0 atom stereocenters. The Morgan fingerprint density at radius 3 is 2.76 bits per heavy atom. The second-order valence-electron chi connectivity index (χ2n) is 5.14. The number of carbonyl (C=O) groups excluding carboxylic acids is 1. The number of rotatable bonds is 3. The molecule has 4 nitrogen and oxygen atoms in total. The van der Waals surface area contributed by atoms with E-state index in [1.54, 1.807) is 30.3 Å². The van der Waals surface area contributed by atoms with Crippen LogP contribution < -0.4 is 0 Å². The Hall–Kier alpha value is -2.34. The van der Waals surface area contributed by atoms with Crippen molar-refractivity contribution in [3.05, 3.63) is 74.2 Å². The smallest absolute Gasteiger partial charge is 0.363 e. The first-order chi connectivity index (χ1) is 12.1. The lowest BCUT2D eigenvalue weighted by molar-refractivity contribution is -0.129. The summed E-state index contributed by atoms with van der Waals surface area (Å²) in [5.74, 6) is 0.844. The molecule has 0 bridgehead atoms. The van der Waals surface area contributed by atoms with E-state index in [1.807, 2.05) is 17.5 Å². The van der Waals surface area contributed by atoms with Gasteiger partial charge in [0.1, 0.15) is 11.5 Å². The average Bonchev–Trinajstić information content (AvgIpc) is 3.30. The molecule has 0 aliphatic carbocycles. The molecule has 0 amide bonds. The maximum atomic E-state index is 12.0. The molecule has 4 rings (SSSR count). The number of ether oxygens (including phenoxy) is 1. The minimum atomic E-state index is -0.508. The van der Waals surface area contributed by atoms with E-state index in [9.17, 15) is 4.79 Å². The van der Waals surface area contributed by atoms with Crippen LogP contribution in [-0.2, 0) is 9.53 Å². The predicted octanol–water partition coefficient (Wildman–Crippen LogP) is 5.66. The molecule has 25 heavy (non-hydrogen) atoms. The molecular weight excluding hydrogens is 381 g/mol. The number of furan rings is 1. The van der Waals surface area contributed by atoms with Crippen LogP contribution in [0.15, 0.2) is 63.0 Å². The largest absolute Gasteiger partial charge is 0.457 e. The van der Waals surface area contributed by atoms with Gasteiger partial charge in [-0.3, -0.25) is 0 Å². The van der Waals surface area contributed by atoms with E-state index in [1.165, 1.54) is 17.4 Å². The van der Waals surface area contributed by atoms with E-state index in [4.69, 9.17) is 32.4 Å². The zero-order valence-electron chi connectivity index (χ0n) is 12.5. The van der Waals surface area contributed by atoms with Crippen molar-refractivity contribution in [3.8, 4) is 11.3 Å². The Balaban J connectivity index is 1.64. The average molecular weight is 390 g/mol. The number of halogens is 2. The number of hydrogen-bond donors (Lipinski definition) is 0. The second-order valence-corrected chi connectivity index (χ2v) is 6.93. The van der Waals surface area contributed by atoms with Gasteiger partial charge in [0.2, 0.25) is 5.90 Å². The maximum Gasteiger partial charge on any atom is 0.363 e. The lowest BCUT2D eigenvalue weighted by Crippen LogP contribution is -2.03. The van der Waals surface area contributed by atoms with Crippen molar-refractivity contribution in [2.45, 2.75) is 0 Å². The van der Waals surface area contributed by atoms with Crippen molar-refractivity contribution in [3.63, 3.8) is 0 Å². The highest BCUT2D eigenvalue weighted by Gasteiger charge is 2.25. The minimum Gasteiger partial charge on any atom is -0.457 e. The summed E-state index contributed by atoms with van der Waals surface area (Å²) in [6.07, 6.45) is 1.54. The van der Waals surface area contributed by atoms with Gasteiger partial charge < -0.3 is 9.15 Å². The molecule has 0 saturated heterocycles. The molecule has 1 aliphatic heterocycles. The molecule has 0 radical (unpaired) electrons. The normalized spacial score (nSPS) is 15.5. The molecule has 1 aromatic carbocycles. The molecule has 3 aromatic rings. The summed E-state index contributed by atoms with van der Waals surface area (Å²) in [7, 11) is 0. The van der Waals surface area contributed by atoms with Crippen LogP contribution in [0.1, 0.15) is 10.6 Å². The summed E-state index contributed by atoms with van der Waals surface area (Å²) in [4.78, 5) is 17.0. The van der Waals surface area contributed by atoms with Gasteiger partial charge in [0.05, 0.1) is 9.90 Å². The third kappa shape index (κ3) is 3.26. The SMILES string of the molecule is O=C1OC(c2cccs2)=N/C1=C\c1ccc(-c2ccc(Cl)cc2Cl)o1. The third-order valence-electron chi connectivity index (χ3n) is 3.45. The monoisotopic (exact) mass is 389 g/mol. The molecule has 0 spiro atoms. The summed E-state index contributed by atoms with van der Waals surface area (Å²) in [5.41, 5.74) is 0.902. The number of benzene rings is 1. The predicted molar refractivity (Wildman–Crippen MR) is 99.1 cm³/mol. The fourth-order valence-electron chi connectivity index (χ4n) is 2.31. The highest BCUT2D eigenvalue weighted by molar-refractivity contribution is 7.12. The van der Waals surface area contributed by atoms with Gasteiger partial charge in [0.25, 0.3) is 0 Å². The van der Waals surface area contributed by atoms with E-state index < -0.39 is 5.97 Å². The first kappa shape index (κ1) is 16.1. The fraction of sp³-hybridized carbons (Fsp3) is 0. The van der Waals surface area contributed by atoms with Crippen LogP contribution in [0.4, 0.5) is 0 Å². The highest BCUT2D eigenvalue weighted by Crippen LogP contribution is 2.32. The molecule has 0 saturated carbocycles. The van der Waals surface area contributed by atoms with Crippen molar-refractivity contribution < 1.29 is 13.9 Å². The molecule has 0 N–H and O–H groups in total. The molecule has 1 aliphatic rings. The number of esters is 1. The van der Waals surface area contributed by atoms with Gasteiger partial charge in [-0.25, -0.2) is 9.79 Å². The third-order valence-corrected chi connectivity index (χ3v) is 4.86. The highest BCUT2D eigenvalue weighted by atomic mass is 35.5. The molecule has 124 valence electrons. The van der Waals surface area contributed by atoms with E-state index >= 15 is 0 Å². The van der Waals surface area contributed by atoms with Crippen molar-refractivity contribution in [1.82, 2.24) is 0 Å². The number of nitrogens with zero attached hydrogens (tertiary/aromatic N) is 1. The first-order valence-electron chi connectivity index (χ1n) is 7.22. The van der Waals surface area contributed by atoms with Crippen LogP contribution in [-0.4, -0.2) is 11.9 Å². The molecule has 2 aromatic heterocycles. The molecule has 0 fully saturated rings. The quantitative estimate of drug-likeness (QED) is 0.428. The Morgan fingerprint density at radius 2 is 2.00 bits per heavy atom. The van der Waals surface area contributed by atoms with Crippen LogP contribution in [0.2, 0.25) is 10.0 Å². The van der Waals surface area contributed by atoms with Crippen molar-refractivity contribution in [1.29, 1.82) is 0 Å². The Labute approximate surface area is 157 Å². The van der Waals surface area contributed by atoms with Crippen LogP contribution in [0, 0.1) is 0 Å². The summed E-state index contributed by atoms with van der Waals surface area (Å²) in [5, 5.41) is 2.92. The van der Waals surface area contributed by atoms with E-state index in [-0.39, 0.29) is 5.70 Å². The van der Waals surface area contributed by atoms with Gasteiger partial charge in [0.15, 0.2) is 5.70 Å². The number of carbonyl (C=O) groups is 1. The van der Waals surface area contributed by atoms with Gasteiger partial charge in [-0.1, -0.05) is 29.3 Å². The summed E-state index contributed by atoms with van der Waals surface area (Å²) in [6.45, 7) is 0. The minimum absolute atomic E-state index is 0.187. The molecule has 7 heteroatoms. The number of thiophene rings is 1. The van der Waals surface area contributed by atoms with Crippen LogP contribution >= 0.6 is 34.5 Å². The Bertz CT molecular complexity index is 1020. The van der Waals surface area contributed by atoms with Crippen molar-refractivity contribution in [2.24, 2.45) is 4.99 Å². The summed E-state index contributed by atoms with van der Waals surface area (Å²) < 4.78 is 10.9. The zero-order valence-corrected chi connectivity index (χ0v) is 14.9. The lowest BCUT2D eigenvalue weighted by Gasteiger charge is -2.00. The van der Waals surface area contributed by atoms with Crippen molar-refractivity contribution >= 4 is 52.5 Å². The fourth-order valence-corrected chi connectivity index (χ4v) is 3.46. The summed E-state index contributed by atoms with van der Waals surface area (Å²) >= 11 is 13.5. The zero-order chi connectivity index (χ0) is 17.4. The molecule has 0 unspecified atom stereocenters. The topological polar surface area (TPSA) is 51.8 Å². The Kier molecular flexibility index (Phi) is 4.21. The standard InChI is InChI=1S/C18H9Cl2NO3S/c19-10-3-5-12(13(20)8-10)15-6-4-11(23-15)9-14-18(22)24-17(21-14)16-2-1-7-25-16/h1-9H/b14-9-. The maximum absolute atomic E-state index is 12.0. The van der Waals surface area contributed by atoms with Gasteiger partial charge in [-0.2, -0.15) is 0 Å². The van der Waals surface area contributed by atoms with E-state index in [0.29, 0.717) is 33.0 Å². The van der Waals surface area contributed by atoms with Crippen molar-refractivity contribution in [2.75, 3.05) is 0 Å². The first-order valence-corrected chi connectivity index (χ1v) is 8.85. The second kappa shape index (κ2) is 6.52. The lowest BCUT2D eigenvalue weighted by atomic mass is 10.2. The van der Waals surface area contributed by atoms with Crippen LogP contribution in [0.5, 0.6) is 0 Å². The Morgan fingerprint density at radius 1 is 1.12 bits per heavy atom. The van der Waals surface area contributed by atoms with Gasteiger partial charge >= 0.3 is 5.97 Å². The van der Waals surface area contributed by atoms with Crippen LogP contribution in [0.25, 0.3) is 17.4 Å². The van der Waals surface area contributed by atoms with Gasteiger partial charge in [-0.05, 0) is 41.8 Å². The van der Waals surface area contributed by atoms with Gasteiger partial charge in [0, 0.05) is 16.7 Å². The molecular formula is C18H9Cl2NO3S. The summed E-state index contributed by atoms with van der Waals surface area (Å²) in [6, 6.07) is 12.4. The number of aliphatic imine (C=N–C) groups is 1. The van der Waals surface area contributed by atoms with E-state index in [0.717, 1.165) is 4.88 Å². The van der Waals surface area contributed by atoms with Crippen LogP contribution in [0.3, 0.4) is 0 Å². The molecule has 3 heterocycles. The van der Waals surface area contributed by atoms with E-state index in [2.05, 4.69) is 4.99 Å². The number of hydrogen-bond acceptors (Lipinski definition) is 5. The van der Waals surface area contributed by atoms with Gasteiger partial charge in [-0.15, -0.1) is 11.3 Å². The number of cyclic esters (lactones) is 1.